The van der Waals surface area contributed by atoms with Gasteiger partial charge in [-0.25, -0.2) is 4.79 Å². The van der Waals surface area contributed by atoms with Crippen LogP contribution in [0.3, 0.4) is 0 Å². The Kier molecular flexibility index (Phi) is 9.19. The van der Waals surface area contributed by atoms with Gasteiger partial charge in [0.25, 0.3) is 5.91 Å². The third-order valence-corrected chi connectivity index (χ3v) is 6.89. The van der Waals surface area contributed by atoms with Crippen LogP contribution in [0, 0.1) is 6.92 Å². The minimum absolute atomic E-state index is 0.152. The largest absolute Gasteiger partial charge is 0.478 e. The van der Waals surface area contributed by atoms with E-state index in [1.54, 1.807) is 30.3 Å². The van der Waals surface area contributed by atoms with Crippen molar-refractivity contribution in [2.24, 2.45) is 0 Å². The maximum Gasteiger partial charge on any atom is 0.335 e. The number of halogens is 1. The number of aromatic carboxylic acids is 1. The summed E-state index contributed by atoms with van der Waals surface area (Å²) in [4.78, 5) is 24.1. The molecule has 3 aromatic carbocycles. The number of aliphatic hydroxyl groups excluding tert-OH is 1. The summed E-state index contributed by atoms with van der Waals surface area (Å²) in [5, 5.41) is 25.5. The molecule has 39 heavy (non-hydrogen) atoms. The first-order valence-electron chi connectivity index (χ1n) is 12.7. The minimum atomic E-state index is -1.01. The summed E-state index contributed by atoms with van der Waals surface area (Å²) in [6.07, 6.45) is 0.328. The molecule has 0 bridgehead atoms. The molecule has 1 amide bonds. The first-order valence-corrected chi connectivity index (χ1v) is 13.0. The topological polar surface area (TPSA) is 112 Å². The van der Waals surface area contributed by atoms with Crippen LogP contribution >= 0.6 is 11.6 Å². The number of aryl methyl sites for hydroxylation is 1. The number of rotatable bonds is 11. The van der Waals surface area contributed by atoms with Gasteiger partial charge in [-0.1, -0.05) is 53.6 Å². The van der Waals surface area contributed by atoms with Gasteiger partial charge >= 0.3 is 5.97 Å². The summed E-state index contributed by atoms with van der Waals surface area (Å²) < 4.78 is 6.04. The Balaban J connectivity index is 1.40. The highest BCUT2D eigenvalue weighted by Gasteiger charge is 2.18. The van der Waals surface area contributed by atoms with Crippen molar-refractivity contribution in [3.05, 3.63) is 117 Å². The Bertz CT molecular complexity index is 1430. The van der Waals surface area contributed by atoms with Crippen molar-refractivity contribution >= 4 is 23.5 Å². The van der Waals surface area contributed by atoms with E-state index in [1.807, 2.05) is 12.1 Å². The fourth-order valence-electron chi connectivity index (χ4n) is 4.20. The van der Waals surface area contributed by atoms with Crippen LogP contribution in [-0.4, -0.2) is 34.7 Å². The number of furan rings is 1. The zero-order chi connectivity index (χ0) is 27.9. The lowest BCUT2D eigenvalue weighted by Gasteiger charge is -2.17. The molecule has 2 atom stereocenters. The number of carbonyl (C=O) groups excluding carboxylic acids is 1. The highest BCUT2D eigenvalue weighted by molar-refractivity contribution is 6.34. The van der Waals surface area contributed by atoms with Crippen LogP contribution in [0.4, 0.5) is 0 Å². The van der Waals surface area contributed by atoms with Crippen LogP contribution in [0.5, 0.6) is 0 Å². The van der Waals surface area contributed by atoms with E-state index in [-0.39, 0.29) is 28.8 Å². The van der Waals surface area contributed by atoms with Crippen molar-refractivity contribution in [2.75, 3.05) is 6.61 Å². The monoisotopic (exact) mass is 546 g/mol. The molecular weight excluding hydrogens is 516 g/mol. The number of amides is 1. The smallest absolute Gasteiger partial charge is 0.335 e. The summed E-state index contributed by atoms with van der Waals surface area (Å²) in [5.41, 5.74) is 4.33. The molecular formula is C31H31ClN2O5. The van der Waals surface area contributed by atoms with Gasteiger partial charge in [-0.15, -0.1) is 0 Å². The molecule has 202 valence electrons. The fraction of sp³-hybridized carbons (Fsp3) is 0.226. The van der Waals surface area contributed by atoms with Crippen LogP contribution < -0.4 is 10.6 Å². The molecule has 0 saturated carbocycles. The van der Waals surface area contributed by atoms with Crippen molar-refractivity contribution < 1.29 is 24.2 Å². The summed E-state index contributed by atoms with van der Waals surface area (Å²) in [6.45, 7) is 4.41. The molecule has 0 spiro atoms. The van der Waals surface area contributed by atoms with Gasteiger partial charge < -0.3 is 25.3 Å². The average molecular weight is 547 g/mol. The van der Waals surface area contributed by atoms with Crippen molar-refractivity contribution in [3.63, 3.8) is 0 Å². The maximum atomic E-state index is 13.1. The Morgan fingerprint density at radius 1 is 0.974 bits per heavy atom. The Morgan fingerprint density at radius 3 is 2.36 bits per heavy atom. The van der Waals surface area contributed by atoms with E-state index in [2.05, 4.69) is 48.7 Å². The first kappa shape index (κ1) is 28.1. The van der Waals surface area contributed by atoms with Crippen molar-refractivity contribution in [3.8, 4) is 11.3 Å². The summed E-state index contributed by atoms with van der Waals surface area (Å²) in [5.74, 6) is -0.0693. The molecule has 0 aliphatic rings. The third kappa shape index (κ3) is 7.35. The molecule has 1 aromatic heterocycles. The van der Waals surface area contributed by atoms with Crippen molar-refractivity contribution in [1.29, 1.82) is 0 Å². The molecule has 0 aliphatic heterocycles. The summed E-state index contributed by atoms with van der Waals surface area (Å²) in [6, 6.07) is 23.1. The Morgan fingerprint density at radius 2 is 1.69 bits per heavy atom. The summed E-state index contributed by atoms with van der Waals surface area (Å²) >= 11 is 6.35. The van der Waals surface area contributed by atoms with Crippen molar-refractivity contribution in [2.45, 2.75) is 38.9 Å². The van der Waals surface area contributed by atoms with E-state index in [4.69, 9.17) is 21.1 Å². The maximum absolute atomic E-state index is 13.1. The van der Waals surface area contributed by atoms with Crippen molar-refractivity contribution in [1.82, 2.24) is 10.6 Å². The number of nitrogens with one attached hydrogen (secondary N) is 2. The molecule has 4 N–H and O–H groups in total. The quantitative estimate of drug-likeness (QED) is 0.189. The molecule has 8 heteroatoms. The highest BCUT2D eigenvalue weighted by Crippen LogP contribution is 2.27. The van der Waals surface area contributed by atoms with Gasteiger partial charge in [0.2, 0.25) is 0 Å². The van der Waals surface area contributed by atoms with E-state index in [1.165, 1.54) is 23.3 Å². The summed E-state index contributed by atoms with van der Waals surface area (Å²) in [7, 11) is 0. The number of carboxylic acid groups (broad SMARTS) is 1. The van der Waals surface area contributed by atoms with Gasteiger partial charge in [0.1, 0.15) is 11.5 Å². The number of carboxylic acids is 1. The van der Waals surface area contributed by atoms with E-state index >= 15 is 0 Å². The van der Waals surface area contributed by atoms with Gasteiger partial charge in [0, 0.05) is 11.6 Å². The lowest BCUT2D eigenvalue weighted by Crippen LogP contribution is -2.39. The van der Waals surface area contributed by atoms with Crippen LogP contribution in [0.2, 0.25) is 5.02 Å². The second-order valence-electron chi connectivity index (χ2n) is 9.53. The van der Waals surface area contributed by atoms with Gasteiger partial charge in [0.15, 0.2) is 0 Å². The number of carbonyl (C=O) groups is 2. The normalized spacial score (nSPS) is 12.6. The van der Waals surface area contributed by atoms with Crippen LogP contribution in [0.1, 0.15) is 56.1 Å². The Labute approximate surface area is 232 Å². The van der Waals surface area contributed by atoms with Gasteiger partial charge in [0.05, 0.1) is 35.3 Å². The lowest BCUT2D eigenvalue weighted by atomic mass is 10.0. The SMILES string of the molecule is Cc1ccc(C(C)NCc2ccc(-c3ccc(Cl)c(C(=O)NC(CO)Cc4ccc(C(=O)O)cc4)c3)o2)cc1. The average Bonchev–Trinajstić information content (AvgIpc) is 3.41. The van der Waals surface area contributed by atoms with Crippen LogP contribution in [0.15, 0.2) is 83.3 Å². The number of hydrogen-bond acceptors (Lipinski definition) is 5. The first-order chi connectivity index (χ1) is 18.7. The number of benzene rings is 3. The van der Waals surface area contributed by atoms with Gasteiger partial charge in [-0.3, -0.25) is 4.79 Å². The predicted octanol–water partition coefficient (Wildman–Crippen LogP) is 5.79. The van der Waals surface area contributed by atoms with E-state index in [0.717, 1.165) is 11.3 Å². The molecule has 4 aromatic rings. The highest BCUT2D eigenvalue weighted by atomic mass is 35.5. The predicted molar refractivity (Wildman–Crippen MR) is 151 cm³/mol. The van der Waals surface area contributed by atoms with Crippen LogP contribution in [-0.2, 0) is 13.0 Å². The number of aliphatic hydroxyl groups is 1. The molecule has 0 radical (unpaired) electrons. The second-order valence-corrected chi connectivity index (χ2v) is 9.94. The fourth-order valence-corrected chi connectivity index (χ4v) is 4.40. The molecule has 4 rings (SSSR count). The zero-order valence-electron chi connectivity index (χ0n) is 21.8. The third-order valence-electron chi connectivity index (χ3n) is 6.56. The molecule has 0 aliphatic carbocycles. The number of hydrogen-bond donors (Lipinski definition) is 4. The molecule has 0 fully saturated rings. The molecule has 1 heterocycles. The van der Waals surface area contributed by atoms with E-state index in [9.17, 15) is 14.7 Å². The minimum Gasteiger partial charge on any atom is -0.478 e. The molecule has 0 saturated heterocycles. The van der Waals surface area contributed by atoms with Gasteiger partial charge in [-0.2, -0.15) is 0 Å². The van der Waals surface area contributed by atoms with E-state index < -0.39 is 17.9 Å². The van der Waals surface area contributed by atoms with Crippen LogP contribution in [0.25, 0.3) is 11.3 Å². The Hall–Kier alpha value is -3.91. The standard InChI is InChI=1S/C31H31ClN2O5/c1-19-3-7-22(8-4-19)20(2)33-17-26-12-14-29(39-26)24-11-13-28(32)27(16-24)30(36)34-25(18-35)15-21-5-9-23(10-6-21)31(37)38/h3-14,16,20,25,33,35H,15,17-18H2,1-2H3,(H,34,36)(H,37,38). The second kappa shape index (κ2) is 12.8. The zero-order valence-corrected chi connectivity index (χ0v) is 22.5. The van der Waals surface area contributed by atoms with Gasteiger partial charge in [-0.05, 0) is 73.9 Å². The van der Waals surface area contributed by atoms with E-state index in [0.29, 0.717) is 24.3 Å². The molecule has 7 nitrogen and oxygen atoms in total. The lowest BCUT2D eigenvalue weighted by molar-refractivity contribution is 0.0696. The molecule has 2 unspecified atom stereocenters.